The first-order valence-electron chi connectivity index (χ1n) is 18.8. The average molecular weight is 692 g/mol. The van der Waals surface area contributed by atoms with E-state index in [-0.39, 0.29) is 5.41 Å². The molecule has 0 aliphatic heterocycles. The number of rotatable bonds is 6. The van der Waals surface area contributed by atoms with E-state index in [1.165, 1.54) is 55.6 Å². The average Bonchev–Trinajstić information content (AvgIpc) is 3.83. The highest BCUT2D eigenvalue weighted by atomic mass is 16.3. The highest BCUT2D eigenvalue weighted by Crippen LogP contribution is 2.64. The number of hydrogen-bond donors (Lipinski definition) is 0. The van der Waals surface area contributed by atoms with Gasteiger partial charge in [-0.1, -0.05) is 153 Å². The molecule has 0 fully saturated rings. The summed E-state index contributed by atoms with van der Waals surface area (Å²) in [6.45, 7) is 4.75. The zero-order chi connectivity index (χ0) is 36.0. The Hall–Kier alpha value is -6.64. The number of nitrogens with zero attached hydrogens (tertiary/aromatic N) is 1. The van der Waals surface area contributed by atoms with E-state index in [1.54, 1.807) is 0 Å². The molecular weight excluding hydrogens is 655 g/mol. The smallest absolute Gasteiger partial charge is 0.137 e. The fourth-order valence-electron chi connectivity index (χ4n) is 9.69. The van der Waals surface area contributed by atoms with Crippen molar-refractivity contribution in [1.82, 2.24) is 0 Å². The van der Waals surface area contributed by atoms with Gasteiger partial charge in [0.2, 0.25) is 0 Å². The lowest BCUT2D eigenvalue weighted by Gasteiger charge is -2.37. The summed E-state index contributed by atoms with van der Waals surface area (Å²) in [5, 5.41) is 2.25. The van der Waals surface area contributed by atoms with Crippen LogP contribution in [0.4, 0.5) is 17.1 Å². The molecule has 2 nitrogen and oxygen atoms in total. The van der Waals surface area contributed by atoms with Crippen LogP contribution < -0.4 is 4.90 Å². The van der Waals surface area contributed by atoms with Gasteiger partial charge in [0.15, 0.2) is 0 Å². The molecule has 0 saturated carbocycles. The third-order valence-electron chi connectivity index (χ3n) is 12.1. The van der Waals surface area contributed by atoms with Crippen LogP contribution in [-0.4, -0.2) is 0 Å². The molecule has 0 amide bonds. The summed E-state index contributed by atoms with van der Waals surface area (Å²) in [6.07, 6.45) is 0. The van der Waals surface area contributed by atoms with Gasteiger partial charge in [-0.2, -0.15) is 0 Å². The van der Waals surface area contributed by atoms with Crippen LogP contribution in [0.2, 0.25) is 0 Å². The van der Waals surface area contributed by atoms with Crippen molar-refractivity contribution in [2.24, 2.45) is 0 Å². The van der Waals surface area contributed by atoms with E-state index in [0.29, 0.717) is 0 Å². The number of furan rings is 1. The van der Waals surface area contributed by atoms with Crippen LogP contribution in [0, 0.1) is 0 Å². The third kappa shape index (κ3) is 4.22. The molecule has 8 aromatic carbocycles. The molecule has 2 heteroatoms. The summed E-state index contributed by atoms with van der Waals surface area (Å²) in [5.74, 6) is 0. The van der Waals surface area contributed by atoms with E-state index in [4.69, 9.17) is 4.42 Å². The van der Waals surface area contributed by atoms with Gasteiger partial charge in [0.05, 0.1) is 5.41 Å². The predicted octanol–water partition coefficient (Wildman–Crippen LogP) is 13.7. The number of fused-ring (bicyclic) bond motifs is 3. The molecule has 0 atom stereocenters. The Bertz CT molecular complexity index is 2840. The van der Waals surface area contributed by atoms with Gasteiger partial charge in [-0.3, -0.25) is 0 Å². The lowest BCUT2D eigenvalue weighted by Crippen LogP contribution is -2.30. The van der Waals surface area contributed by atoms with Gasteiger partial charge in [-0.05, 0) is 98.1 Å². The maximum atomic E-state index is 6.46. The van der Waals surface area contributed by atoms with Gasteiger partial charge in [-0.25, -0.2) is 0 Å². The summed E-state index contributed by atoms with van der Waals surface area (Å²) in [6, 6.07) is 68.8. The second-order valence-corrected chi connectivity index (χ2v) is 15.3. The van der Waals surface area contributed by atoms with Gasteiger partial charge in [0.25, 0.3) is 0 Å². The van der Waals surface area contributed by atoms with E-state index < -0.39 is 5.41 Å². The van der Waals surface area contributed by atoms with Crippen LogP contribution in [0.1, 0.15) is 47.2 Å². The van der Waals surface area contributed by atoms with Crippen LogP contribution in [0.25, 0.3) is 44.2 Å². The summed E-state index contributed by atoms with van der Waals surface area (Å²) >= 11 is 0. The molecule has 256 valence electrons. The lowest BCUT2D eigenvalue weighted by atomic mass is 9.66. The summed E-state index contributed by atoms with van der Waals surface area (Å²) in [4.78, 5) is 2.38. The van der Waals surface area contributed by atoms with Crippen molar-refractivity contribution in [1.29, 1.82) is 0 Å². The molecule has 1 aromatic heterocycles. The van der Waals surface area contributed by atoms with Gasteiger partial charge >= 0.3 is 0 Å². The fourth-order valence-corrected chi connectivity index (χ4v) is 9.69. The highest BCUT2D eigenvalue weighted by Gasteiger charge is 2.52. The first-order valence-corrected chi connectivity index (χ1v) is 18.8. The van der Waals surface area contributed by atoms with Gasteiger partial charge < -0.3 is 9.32 Å². The van der Waals surface area contributed by atoms with E-state index in [2.05, 4.69) is 195 Å². The molecular formula is C52H37NO. The third-order valence-corrected chi connectivity index (χ3v) is 12.1. The summed E-state index contributed by atoms with van der Waals surface area (Å²) in [5.41, 5.74) is 17.7. The maximum Gasteiger partial charge on any atom is 0.137 e. The summed E-state index contributed by atoms with van der Waals surface area (Å²) < 4.78 is 6.46. The number of benzene rings is 8. The molecule has 2 aliphatic carbocycles. The minimum absolute atomic E-state index is 0.0562. The van der Waals surface area contributed by atoms with E-state index in [1.807, 2.05) is 12.1 Å². The zero-order valence-corrected chi connectivity index (χ0v) is 30.3. The quantitative estimate of drug-likeness (QED) is 0.173. The van der Waals surface area contributed by atoms with Gasteiger partial charge in [0, 0.05) is 39.3 Å². The molecule has 1 heterocycles. The topological polar surface area (TPSA) is 16.4 Å². The van der Waals surface area contributed by atoms with Crippen molar-refractivity contribution in [3.8, 4) is 22.3 Å². The van der Waals surface area contributed by atoms with Crippen molar-refractivity contribution in [2.75, 3.05) is 4.90 Å². The van der Waals surface area contributed by atoms with Crippen molar-refractivity contribution < 1.29 is 4.42 Å². The molecule has 0 bridgehead atoms. The predicted molar refractivity (Wildman–Crippen MR) is 223 cm³/mol. The van der Waals surface area contributed by atoms with Crippen LogP contribution in [0.3, 0.4) is 0 Å². The Balaban J connectivity index is 1.15. The fraction of sp³-hybridized carbons (Fsp3) is 0.0769. The normalized spacial score (nSPS) is 14.4. The van der Waals surface area contributed by atoms with Crippen LogP contribution in [0.5, 0.6) is 0 Å². The molecule has 0 radical (unpaired) electrons. The first-order chi connectivity index (χ1) is 26.5. The molecule has 0 saturated heterocycles. The van der Waals surface area contributed by atoms with Crippen LogP contribution in [0.15, 0.2) is 192 Å². The number of para-hydroxylation sites is 1. The lowest BCUT2D eigenvalue weighted by molar-refractivity contribution is 0.652. The highest BCUT2D eigenvalue weighted by molar-refractivity contribution is 6.06. The van der Waals surface area contributed by atoms with Crippen molar-refractivity contribution >= 4 is 39.0 Å². The molecule has 0 unspecified atom stereocenters. The molecule has 2 aliphatic rings. The number of anilines is 3. The second-order valence-electron chi connectivity index (χ2n) is 15.3. The Morgan fingerprint density at radius 1 is 0.389 bits per heavy atom. The molecule has 0 spiro atoms. The van der Waals surface area contributed by atoms with Crippen molar-refractivity contribution in [3.05, 3.63) is 221 Å². The standard InChI is InChI=1S/C52H37NO/c1-51(2)43-21-12-23-45-49(43)50-44(51)22-13-24-46(50)52(45,36-16-7-4-8-17-36)37-18-11-19-39(32-37)53(38-28-26-35(27-29-38)34-14-5-3-6-15-34)40-30-31-42-41-20-9-10-25-47(41)54-48(42)33-40/h3-33H,1-2H3. The Morgan fingerprint density at radius 2 is 0.926 bits per heavy atom. The molecule has 54 heavy (non-hydrogen) atoms. The maximum absolute atomic E-state index is 6.46. The Kier molecular flexibility index (Phi) is 6.55. The van der Waals surface area contributed by atoms with Crippen LogP contribution >= 0.6 is 0 Å². The SMILES string of the molecule is CC1(C)c2cccc3c2-c2c1cccc2C3(c1ccccc1)c1cccc(N(c2ccc(-c3ccccc3)cc2)c2ccc3c(c2)oc2ccccc23)c1. The van der Waals surface area contributed by atoms with Gasteiger partial charge in [-0.15, -0.1) is 0 Å². The molecule has 9 aromatic rings. The van der Waals surface area contributed by atoms with E-state index >= 15 is 0 Å². The minimum atomic E-state index is -0.490. The molecule has 0 N–H and O–H groups in total. The largest absolute Gasteiger partial charge is 0.456 e. The van der Waals surface area contributed by atoms with Gasteiger partial charge in [0.1, 0.15) is 11.2 Å². The minimum Gasteiger partial charge on any atom is -0.456 e. The Labute approximate surface area is 315 Å². The number of hydrogen-bond acceptors (Lipinski definition) is 2. The van der Waals surface area contributed by atoms with Crippen molar-refractivity contribution in [2.45, 2.75) is 24.7 Å². The van der Waals surface area contributed by atoms with Crippen LogP contribution in [-0.2, 0) is 10.8 Å². The molecule has 11 rings (SSSR count). The summed E-state index contributed by atoms with van der Waals surface area (Å²) in [7, 11) is 0. The Morgan fingerprint density at radius 3 is 1.65 bits per heavy atom. The second kappa shape index (κ2) is 11.4. The van der Waals surface area contributed by atoms with E-state index in [9.17, 15) is 0 Å². The first kappa shape index (κ1) is 30.9. The monoisotopic (exact) mass is 691 g/mol. The van der Waals surface area contributed by atoms with E-state index in [0.717, 1.165) is 39.0 Å². The zero-order valence-electron chi connectivity index (χ0n) is 30.3. The van der Waals surface area contributed by atoms with Crippen molar-refractivity contribution in [3.63, 3.8) is 0 Å².